The predicted molar refractivity (Wildman–Crippen MR) is 84.7 cm³/mol. The molecule has 0 aromatic rings. The summed E-state index contributed by atoms with van der Waals surface area (Å²) in [6.45, 7) is 6.67. The maximum atomic E-state index is 12.4. The van der Waals surface area contributed by atoms with Gasteiger partial charge in [0.15, 0.2) is 0 Å². The fourth-order valence-corrected chi connectivity index (χ4v) is 3.02. The van der Waals surface area contributed by atoms with Crippen LogP contribution in [0, 0.1) is 5.92 Å². The van der Waals surface area contributed by atoms with E-state index in [2.05, 4.69) is 24.5 Å². The minimum absolute atomic E-state index is 0.0331. The normalized spacial score (nSPS) is 25.3. The molecule has 0 saturated carbocycles. The van der Waals surface area contributed by atoms with Crippen molar-refractivity contribution in [1.29, 1.82) is 0 Å². The first kappa shape index (κ1) is 17.7. The second kappa shape index (κ2) is 7.29. The Morgan fingerprint density at radius 2 is 2.09 bits per heavy atom. The number of imide groups is 1. The molecule has 0 aromatic heterocycles. The Morgan fingerprint density at radius 3 is 2.70 bits per heavy atom. The minimum Gasteiger partial charge on any atom is -0.378 e. The monoisotopic (exact) mass is 325 g/mol. The Bertz CT molecular complexity index is 472. The number of hydrogen-bond donors (Lipinski definition) is 2. The number of amides is 4. The van der Waals surface area contributed by atoms with Crippen LogP contribution in [-0.4, -0.2) is 54.1 Å². The summed E-state index contributed by atoms with van der Waals surface area (Å²) in [6.07, 6.45) is 3.52. The molecule has 0 aromatic carbocycles. The molecule has 4 amide bonds. The van der Waals surface area contributed by atoms with Gasteiger partial charge in [0.05, 0.1) is 6.61 Å². The highest BCUT2D eigenvalue weighted by molar-refractivity contribution is 6.09. The second-order valence-electron chi connectivity index (χ2n) is 7.00. The van der Waals surface area contributed by atoms with Gasteiger partial charge in [0.1, 0.15) is 12.1 Å². The van der Waals surface area contributed by atoms with Gasteiger partial charge in [0.2, 0.25) is 5.91 Å². The molecule has 0 bridgehead atoms. The van der Waals surface area contributed by atoms with Crippen LogP contribution in [0.3, 0.4) is 0 Å². The van der Waals surface area contributed by atoms with Crippen LogP contribution in [0.4, 0.5) is 4.79 Å². The zero-order chi connectivity index (χ0) is 17.0. The Labute approximate surface area is 137 Å². The summed E-state index contributed by atoms with van der Waals surface area (Å²) in [5.41, 5.74) is -0.958. The molecule has 2 aliphatic heterocycles. The maximum Gasteiger partial charge on any atom is 0.325 e. The average Bonchev–Trinajstić information content (AvgIpc) is 3.00. The molecule has 2 heterocycles. The largest absolute Gasteiger partial charge is 0.378 e. The van der Waals surface area contributed by atoms with Gasteiger partial charge >= 0.3 is 6.03 Å². The molecule has 2 fully saturated rings. The molecule has 0 unspecified atom stereocenters. The molecule has 0 aliphatic carbocycles. The Balaban J connectivity index is 1.81. The van der Waals surface area contributed by atoms with Gasteiger partial charge in [-0.1, -0.05) is 26.7 Å². The van der Waals surface area contributed by atoms with E-state index >= 15 is 0 Å². The maximum absolute atomic E-state index is 12.4. The lowest BCUT2D eigenvalue weighted by molar-refractivity contribution is -0.135. The average molecular weight is 325 g/mol. The first-order valence-electron chi connectivity index (χ1n) is 8.35. The van der Waals surface area contributed by atoms with E-state index in [9.17, 15) is 14.4 Å². The highest BCUT2D eigenvalue weighted by Crippen LogP contribution is 2.26. The van der Waals surface area contributed by atoms with E-state index in [1.165, 1.54) is 0 Å². The molecule has 0 radical (unpaired) electrons. The molecule has 7 nitrogen and oxygen atoms in total. The van der Waals surface area contributed by atoms with Gasteiger partial charge in [-0.25, -0.2) is 4.79 Å². The molecule has 130 valence electrons. The number of carbonyl (C=O) groups is 3. The number of carbonyl (C=O) groups excluding carboxylic acids is 3. The first-order chi connectivity index (χ1) is 10.8. The molecule has 2 N–H and O–H groups in total. The molecule has 2 saturated heterocycles. The third-order valence-corrected chi connectivity index (χ3v) is 4.40. The van der Waals surface area contributed by atoms with Gasteiger partial charge in [-0.3, -0.25) is 14.5 Å². The molecular weight excluding hydrogens is 298 g/mol. The van der Waals surface area contributed by atoms with E-state index in [1.807, 2.05) is 6.92 Å². The molecule has 2 aliphatic rings. The van der Waals surface area contributed by atoms with Crippen LogP contribution in [0.1, 0.15) is 46.5 Å². The minimum atomic E-state index is -0.958. The van der Waals surface area contributed by atoms with Crippen molar-refractivity contribution in [3.05, 3.63) is 0 Å². The van der Waals surface area contributed by atoms with E-state index in [0.717, 1.165) is 24.2 Å². The van der Waals surface area contributed by atoms with E-state index in [-0.39, 0.29) is 31.0 Å². The second-order valence-corrected chi connectivity index (χ2v) is 7.00. The van der Waals surface area contributed by atoms with Crippen molar-refractivity contribution < 1.29 is 19.1 Å². The Hall–Kier alpha value is -1.63. The quantitative estimate of drug-likeness (QED) is 0.684. The fraction of sp³-hybridized carbons (Fsp3) is 0.812. The molecular formula is C16H27N3O4. The smallest absolute Gasteiger partial charge is 0.325 e. The zero-order valence-electron chi connectivity index (χ0n) is 14.2. The predicted octanol–water partition coefficient (Wildman–Crippen LogP) is 1.03. The van der Waals surface area contributed by atoms with Crippen LogP contribution in [0.25, 0.3) is 0 Å². The molecule has 2 rings (SSSR count). The third kappa shape index (κ3) is 4.22. The number of urea groups is 1. The van der Waals surface area contributed by atoms with Crippen LogP contribution in [0.15, 0.2) is 0 Å². The van der Waals surface area contributed by atoms with Crippen LogP contribution in [0.5, 0.6) is 0 Å². The van der Waals surface area contributed by atoms with Gasteiger partial charge in [-0.05, 0) is 19.3 Å². The molecule has 1 spiro atoms. The fourth-order valence-electron chi connectivity index (χ4n) is 3.02. The summed E-state index contributed by atoms with van der Waals surface area (Å²) >= 11 is 0. The Morgan fingerprint density at radius 1 is 1.35 bits per heavy atom. The van der Waals surface area contributed by atoms with Crippen molar-refractivity contribution in [3.63, 3.8) is 0 Å². The van der Waals surface area contributed by atoms with Crippen LogP contribution < -0.4 is 10.6 Å². The highest BCUT2D eigenvalue weighted by Gasteiger charge is 2.53. The lowest BCUT2D eigenvalue weighted by Crippen LogP contribution is -2.48. The van der Waals surface area contributed by atoms with E-state index in [4.69, 9.17) is 4.74 Å². The standard InChI is InChI=1S/C16H27N3O4/c1-11(2)5-4-6-12(3)17-13(20)9-19-14(21)16(18-15(19)22)7-8-23-10-16/h11-12H,4-10H2,1-3H3,(H,17,20)(H,18,22)/t12-,16-/m0/s1. The van der Waals surface area contributed by atoms with Crippen molar-refractivity contribution in [1.82, 2.24) is 15.5 Å². The van der Waals surface area contributed by atoms with Gasteiger partial charge in [0.25, 0.3) is 5.91 Å². The summed E-state index contributed by atoms with van der Waals surface area (Å²) < 4.78 is 5.22. The number of rotatable bonds is 7. The Kier molecular flexibility index (Phi) is 5.62. The van der Waals surface area contributed by atoms with E-state index in [1.54, 1.807) is 0 Å². The van der Waals surface area contributed by atoms with Crippen molar-refractivity contribution in [2.24, 2.45) is 5.92 Å². The van der Waals surface area contributed by atoms with Gasteiger partial charge < -0.3 is 15.4 Å². The lowest BCUT2D eigenvalue weighted by Gasteiger charge is -2.19. The van der Waals surface area contributed by atoms with Gasteiger partial charge in [-0.2, -0.15) is 0 Å². The SMILES string of the molecule is CC(C)CCC[C@H](C)NC(=O)CN1C(=O)N[C@]2(CCOC2)C1=O. The molecule has 7 heteroatoms. The van der Waals surface area contributed by atoms with Crippen molar-refractivity contribution in [3.8, 4) is 0 Å². The summed E-state index contributed by atoms with van der Waals surface area (Å²) in [7, 11) is 0. The summed E-state index contributed by atoms with van der Waals surface area (Å²) in [5, 5.41) is 5.52. The zero-order valence-corrected chi connectivity index (χ0v) is 14.2. The van der Waals surface area contributed by atoms with Gasteiger partial charge in [0, 0.05) is 19.1 Å². The summed E-state index contributed by atoms with van der Waals surface area (Å²) in [4.78, 5) is 37.4. The first-order valence-corrected chi connectivity index (χ1v) is 8.35. The number of ether oxygens (including phenoxy) is 1. The van der Waals surface area contributed by atoms with Crippen LogP contribution >= 0.6 is 0 Å². The topological polar surface area (TPSA) is 87.7 Å². The highest BCUT2D eigenvalue weighted by atomic mass is 16.5. The molecule has 2 atom stereocenters. The van der Waals surface area contributed by atoms with Gasteiger partial charge in [-0.15, -0.1) is 0 Å². The van der Waals surface area contributed by atoms with Crippen molar-refractivity contribution >= 4 is 17.8 Å². The van der Waals surface area contributed by atoms with Crippen molar-refractivity contribution in [2.75, 3.05) is 19.8 Å². The molecule has 23 heavy (non-hydrogen) atoms. The van der Waals surface area contributed by atoms with Crippen molar-refractivity contribution in [2.45, 2.75) is 58.0 Å². The number of nitrogens with one attached hydrogen (secondary N) is 2. The lowest BCUT2D eigenvalue weighted by atomic mass is 9.99. The van der Waals surface area contributed by atoms with Crippen LogP contribution in [-0.2, 0) is 14.3 Å². The summed E-state index contributed by atoms with van der Waals surface area (Å²) in [6, 6.07) is -0.478. The third-order valence-electron chi connectivity index (χ3n) is 4.40. The van der Waals surface area contributed by atoms with E-state index in [0.29, 0.717) is 18.9 Å². The van der Waals surface area contributed by atoms with Crippen LogP contribution in [0.2, 0.25) is 0 Å². The number of hydrogen-bond acceptors (Lipinski definition) is 4. The van der Waals surface area contributed by atoms with E-state index < -0.39 is 11.6 Å². The number of nitrogens with zero attached hydrogens (tertiary/aromatic N) is 1. The summed E-state index contributed by atoms with van der Waals surface area (Å²) in [5.74, 6) is -0.0160.